The van der Waals surface area contributed by atoms with E-state index in [2.05, 4.69) is 44.5 Å². The topological polar surface area (TPSA) is 21.7 Å². The molecule has 80 valence electrons. The second kappa shape index (κ2) is 3.05. The van der Waals surface area contributed by atoms with Gasteiger partial charge < -0.3 is 0 Å². The molecular formula is C12H18N3+. The van der Waals surface area contributed by atoms with Crippen molar-refractivity contribution < 1.29 is 4.68 Å². The molecule has 0 atom stereocenters. The molecule has 0 unspecified atom stereocenters. The van der Waals surface area contributed by atoms with E-state index in [1.165, 1.54) is 27.8 Å². The van der Waals surface area contributed by atoms with E-state index in [9.17, 15) is 0 Å². The van der Waals surface area contributed by atoms with Crippen LogP contribution in [0.15, 0.2) is 0 Å². The highest BCUT2D eigenvalue weighted by molar-refractivity contribution is 5.81. The first-order valence-corrected chi connectivity index (χ1v) is 5.24. The van der Waals surface area contributed by atoms with Gasteiger partial charge in [0.15, 0.2) is 0 Å². The number of benzene rings is 1. The molecule has 0 fully saturated rings. The lowest BCUT2D eigenvalue weighted by atomic mass is 9.97. The second-order valence-corrected chi connectivity index (χ2v) is 4.31. The van der Waals surface area contributed by atoms with Gasteiger partial charge in [0, 0.05) is 16.2 Å². The molecule has 0 N–H and O–H groups in total. The Hall–Kier alpha value is -1.38. The monoisotopic (exact) mass is 204 g/mol. The molecule has 0 saturated carbocycles. The Labute approximate surface area is 90.3 Å². The smallest absolute Gasteiger partial charge is 0.156 e. The average Bonchev–Trinajstić information content (AvgIpc) is 2.50. The van der Waals surface area contributed by atoms with E-state index in [4.69, 9.17) is 0 Å². The summed E-state index contributed by atoms with van der Waals surface area (Å²) in [6, 6.07) is 0. The van der Waals surface area contributed by atoms with Crippen LogP contribution < -0.4 is 4.68 Å². The summed E-state index contributed by atoms with van der Waals surface area (Å²) in [7, 11) is 4.03. The summed E-state index contributed by atoms with van der Waals surface area (Å²) in [6.45, 7) is 8.68. The Bertz CT molecular complexity index is 550. The quantitative estimate of drug-likeness (QED) is 0.598. The van der Waals surface area contributed by atoms with Crippen LogP contribution in [0.4, 0.5) is 0 Å². The van der Waals surface area contributed by atoms with E-state index in [0.717, 1.165) is 5.52 Å². The van der Waals surface area contributed by atoms with Gasteiger partial charge in [0.25, 0.3) is 5.52 Å². The van der Waals surface area contributed by atoms with Gasteiger partial charge in [-0.15, -0.1) is 0 Å². The Kier molecular flexibility index (Phi) is 2.07. The van der Waals surface area contributed by atoms with Crippen molar-refractivity contribution in [1.29, 1.82) is 0 Å². The van der Waals surface area contributed by atoms with Gasteiger partial charge in [0.05, 0.1) is 7.05 Å². The van der Waals surface area contributed by atoms with Crippen LogP contribution in [0.2, 0.25) is 0 Å². The van der Waals surface area contributed by atoms with E-state index in [1.54, 1.807) is 0 Å². The van der Waals surface area contributed by atoms with Gasteiger partial charge in [-0.25, -0.2) is 0 Å². The summed E-state index contributed by atoms with van der Waals surface area (Å²) in [5.41, 5.74) is 7.74. The van der Waals surface area contributed by atoms with Gasteiger partial charge in [-0.2, -0.15) is 4.68 Å². The Morgan fingerprint density at radius 2 is 1.47 bits per heavy atom. The van der Waals surface area contributed by atoms with Crippen LogP contribution in [0.3, 0.4) is 0 Å². The summed E-state index contributed by atoms with van der Waals surface area (Å²) < 4.78 is 2.10. The molecule has 1 heterocycles. The maximum Gasteiger partial charge on any atom is 0.252 e. The molecule has 1 aromatic carbocycles. The molecule has 0 saturated heterocycles. The van der Waals surface area contributed by atoms with E-state index in [-0.39, 0.29) is 0 Å². The third-order valence-corrected chi connectivity index (χ3v) is 3.62. The van der Waals surface area contributed by atoms with Gasteiger partial charge in [-0.05, 0) is 43.6 Å². The zero-order valence-corrected chi connectivity index (χ0v) is 10.3. The van der Waals surface area contributed by atoms with E-state index in [1.807, 2.05) is 11.8 Å². The summed E-state index contributed by atoms with van der Waals surface area (Å²) in [6.07, 6.45) is 0. The third-order valence-electron chi connectivity index (χ3n) is 3.62. The van der Waals surface area contributed by atoms with Gasteiger partial charge in [0.1, 0.15) is 7.05 Å². The van der Waals surface area contributed by atoms with Crippen LogP contribution >= 0.6 is 0 Å². The van der Waals surface area contributed by atoms with Crippen LogP contribution in [-0.2, 0) is 14.1 Å². The summed E-state index contributed by atoms with van der Waals surface area (Å²) in [4.78, 5) is 1.89. The molecule has 0 radical (unpaired) electrons. The molecule has 15 heavy (non-hydrogen) atoms. The van der Waals surface area contributed by atoms with Crippen molar-refractivity contribution in [1.82, 2.24) is 9.90 Å². The highest BCUT2D eigenvalue weighted by Crippen LogP contribution is 2.25. The van der Waals surface area contributed by atoms with Gasteiger partial charge in [-0.1, -0.05) is 0 Å². The molecule has 0 aliphatic heterocycles. The number of fused-ring (bicyclic) bond motifs is 1. The first-order chi connectivity index (χ1) is 6.95. The number of aryl methyl sites for hydroxylation is 4. The van der Waals surface area contributed by atoms with Gasteiger partial charge in [0.2, 0.25) is 5.52 Å². The molecule has 3 nitrogen and oxygen atoms in total. The van der Waals surface area contributed by atoms with Crippen molar-refractivity contribution in [3.63, 3.8) is 0 Å². The molecule has 0 spiro atoms. The fourth-order valence-electron chi connectivity index (χ4n) is 2.15. The van der Waals surface area contributed by atoms with Gasteiger partial charge >= 0.3 is 0 Å². The molecule has 2 aromatic rings. The number of nitrogens with zero attached hydrogens (tertiary/aromatic N) is 3. The molecule has 0 aliphatic rings. The van der Waals surface area contributed by atoms with Gasteiger partial charge in [-0.3, -0.25) is 0 Å². The summed E-state index contributed by atoms with van der Waals surface area (Å²) >= 11 is 0. The van der Waals surface area contributed by atoms with Crippen molar-refractivity contribution in [2.45, 2.75) is 27.7 Å². The van der Waals surface area contributed by atoms with Crippen LogP contribution in [-0.4, -0.2) is 9.90 Å². The SMILES string of the molecule is Cc1c(C)c(C)c2c(nn(C)[n+]2C)c1C. The van der Waals surface area contributed by atoms with Crippen LogP contribution in [0.5, 0.6) is 0 Å². The normalized spacial score (nSPS) is 11.3. The van der Waals surface area contributed by atoms with Crippen molar-refractivity contribution in [2.75, 3.05) is 0 Å². The largest absolute Gasteiger partial charge is 0.252 e. The zero-order chi connectivity index (χ0) is 11.3. The molecule has 1 aromatic heterocycles. The lowest BCUT2D eigenvalue weighted by Gasteiger charge is -2.06. The van der Waals surface area contributed by atoms with Crippen molar-refractivity contribution >= 4 is 11.0 Å². The third kappa shape index (κ3) is 1.19. The second-order valence-electron chi connectivity index (χ2n) is 4.31. The Balaban J connectivity index is 3.07. The summed E-state index contributed by atoms with van der Waals surface area (Å²) in [5, 5.41) is 4.55. The van der Waals surface area contributed by atoms with Crippen molar-refractivity contribution in [3.8, 4) is 0 Å². The number of hydrogen-bond acceptors (Lipinski definition) is 1. The molecule has 0 aliphatic carbocycles. The van der Waals surface area contributed by atoms with Crippen LogP contribution in [0, 0.1) is 27.7 Å². The maximum atomic E-state index is 4.55. The number of hydrogen-bond donors (Lipinski definition) is 0. The minimum absolute atomic E-state index is 1.13. The van der Waals surface area contributed by atoms with Crippen LogP contribution in [0.25, 0.3) is 11.0 Å². The van der Waals surface area contributed by atoms with E-state index < -0.39 is 0 Å². The predicted octanol–water partition coefficient (Wildman–Crippen LogP) is 1.63. The molecule has 2 rings (SSSR count). The first kappa shape index (κ1) is 10.1. The molecule has 0 bridgehead atoms. The lowest BCUT2D eigenvalue weighted by Crippen LogP contribution is -2.38. The minimum atomic E-state index is 1.13. The van der Waals surface area contributed by atoms with Crippen molar-refractivity contribution in [3.05, 3.63) is 22.3 Å². The number of aromatic nitrogens is 3. The fourth-order valence-corrected chi connectivity index (χ4v) is 2.15. The minimum Gasteiger partial charge on any atom is -0.156 e. The summed E-state index contributed by atoms with van der Waals surface area (Å²) in [5.74, 6) is 0. The first-order valence-electron chi connectivity index (χ1n) is 5.24. The fraction of sp³-hybridized carbons (Fsp3) is 0.500. The molecular weight excluding hydrogens is 186 g/mol. The average molecular weight is 204 g/mol. The highest BCUT2D eigenvalue weighted by atomic mass is 15.5. The zero-order valence-electron chi connectivity index (χ0n) is 10.3. The number of rotatable bonds is 0. The highest BCUT2D eigenvalue weighted by Gasteiger charge is 2.21. The molecule has 3 heteroatoms. The van der Waals surface area contributed by atoms with E-state index in [0.29, 0.717) is 0 Å². The Morgan fingerprint density at radius 1 is 0.933 bits per heavy atom. The predicted molar refractivity (Wildman–Crippen MR) is 60.8 cm³/mol. The standard InChI is InChI=1S/C12H18N3/c1-7-8(2)10(4)12-11(9(7)3)13-15(6)14(12)5/h1-6H3/q+1. The van der Waals surface area contributed by atoms with Crippen LogP contribution in [0.1, 0.15) is 22.3 Å². The van der Waals surface area contributed by atoms with E-state index >= 15 is 0 Å². The van der Waals surface area contributed by atoms with Crippen molar-refractivity contribution in [2.24, 2.45) is 14.1 Å². The lowest BCUT2D eigenvalue weighted by molar-refractivity contribution is -0.733. The Morgan fingerprint density at radius 3 is 2.07 bits per heavy atom. The maximum absolute atomic E-state index is 4.55. The molecule has 0 amide bonds.